The molecule has 5 nitrogen and oxygen atoms in total. The molecule has 0 radical (unpaired) electrons. The molecule has 0 fully saturated rings. The van der Waals surface area contributed by atoms with Crippen LogP contribution in [-0.2, 0) is 6.42 Å². The van der Waals surface area contributed by atoms with Crippen LogP contribution in [0, 0.1) is 0 Å². The van der Waals surface area contributed by atoms with Crippen LogP contribution in [0.1, 0.15) is 19.2 Å². The zero-order valence-corrected chi connectivity index (χ0v) is 11.2. The second kappa shape index (κ2) is 7.06. The van der Waals surface area contributed by atoms with Crippen molar-refractivity contribution in [3.8, 4) is 0 Å². The summed E-state index contributed by atoms with van der Waals surface area (Å²) < 4.78 is 0. The van der Waals surface area contributed by atoms with Crippen molar-refractivity contribution >= 4 is 11.6 Å². The van der Waals surface area contributed by atoms with Crippen molar-refractivity contribution in [3.63, 3.8) is 0 Å². The summed E-state index contributed by atoms with van der Waals surface area (Å²) >= 11 is 0. The largest absolute Gasteiger partial charge is 0.373 e. The quantitative estimate of drug-likeness (QED) is 0.751. The smallest absolute Gasteiger partial charge is 0.133 e. The second-order valence-corrected chi connectivity index (χ2v) is 4.28. The Labute approximate surface area is 104 Å². The van der Waals surface area contributed by atoms with Crippen LogP contribution in [0.15, 0.2) is 6.07 Å². The van der Waals surface area contributed by atoms with Gasteiger partial charge in [-0.2, -0.15) is 0 Å². The summed E-state index contributed by atoms with van der Waals surface area (Å²) in [4.78, 5) is 11.0. The van der Waals surface area contributed by atoms with Gasteiger partial charge in [-0.05, 0) is 20.5 Å². The number of likely N-dealkylation sites (N-methyl/N-ethyl adjacent to an activating group) is 1. The van der Waals surface area contributed by atoms with Crippen molar-refractivity contribution in [2.75, 3.05) is 44.9 Å². The van der Waals surface area contributed by atoms with Crippen LogP contribution >= 0.6 is 0 Å². The predicted molar refractivity (Wildman–Crippen MR) is 72.6 cm³/mol. The van der Waals surface area contributed by atoms with Crippen LogP contribution in [-0.4, -0.2) is 49.1 Å². The molecular formula is C12H23N5. The maximum Gasteiger partial charge on any atom is 0.133 e. The summed E-state index contributed by atoms with van der Waals surface area (Å²) in [7, 11) is 5.99. The lowest BCUT2D eigenvalue weighted by Crippen LogP contribution is -2.21. The topological polar surface area (TPSA) is 53.1 Å². The van der Waals surface area contributed by atoms with E-state index in [2.05, 4.69) is 46.5 Å². The van der Waals surface area contributed by atoms with E-state index in [1.54, 1.807) is 0 Å². The average molecular weight is 237 g/mol. The van der Waals surface area contributed by atoms with Crippen LogP contribution in [0.25, 0.3) is 0 Å². The third kappa shape index (κ3) is 4.99. The van der Waals surface area contributed by atoms with Crippen LogP contribution in [0.2, 0.25) is 0 Å². The van der Waals surface area contributed by atoms with Crippen molar-refractivity contribution < 1.29 is 0 Å². The van der Waals surface area contributed by atoms with Gasteiger partial charge in [0.25, 0.3) is 0 Å². The molecule has 1 aromatic rings. The molecule has 0 saturated heterocycles. The highest BCUT2D eigenvalue weighted by molar-refractivity contribution is 5.47. The van der Waals surface area contributed by atoms with E-state index < -0.39 is 0 Å². The summed E-state index contributed by atoms with van der Waals surface area (Å²) in [5.41, 5.74) is 0. The highest BCUT2D eigenvalue weighted by atomic mass is 15.1. The van der Waals surface area contributed by atoms with Crippen LogP contribution in [0.5, 0.6) is 0 Å². The third-order valence-electron chi connectivity index (χ3n) is 2.37. The first-order valence-electron chi connectivity index (χ1n) is 6.10. The van der Waals surface area contributed by atoms with Gasteiger partial charge in [-0.25, -0.2) is 9.97 Å². The van der Waals surface area contributed by atoms with Gasteiger partial charge in [-0.15, -0.1) is 0 Å². The summed E-state index contributed by atoms with van der Waals surface area (Å²) in [6.07, 6.45) is 1.97. The van der Waals surface area contributed by atoms with Crippen molar-refractivity contribution in [3.05, 3.63) is 11.9 Å². The Morgan fingerprint density at radius 2 is 1.94 bits per heavy atom. The van der Waals surface area contributed by atoms with Crippen molar-refractivity contribution in [1.82, 2.24) is 14.9 Å². The van der Waals surface area contributed by atoms with E-state index in [0.717, 1.165) is 43.4 Å². The normalized spacial score (nSPS) is 10.6. The Balaban J connectivity index is 2.66. The molecule has 0 aliphatic heterocycles. The molecule has 0 aliphatic carbocycles. The fourth-order valence-electron chi connectivity index (χ4n) is 1.46. The lowest BCUT2D eigenvalue weighted by atomic mass is 10.3. The summed E-state index contributed by atoms with van der Waals surface area (Å²) in [6, 6.07) is 1.94. The Kier molecular flexibility index (Phi) is 5.69. The Morgan fingerprint density at radius 1 is 1.24 bits per heavy atom. The second-order valence-electron chi connectivity index (χ2n) is 4.28. The zero-order chi connectivity index (χ0) is 12.7. The maximum absolute atomic E-state index is 4.49. The maximum atomic E-state index is 4.49. The summed E-state index contributed by atoms with van der Waals surface area (Å²) in [6.45, 7) is 4.01. The molecule has 1 aromatic heterocycles. The number of hydrogen-bond donors (Lipinski definition) is 2. The minimum Gasteiger partial charge on any atom is -0.373 e. The van der Waals surface area contributed by atoms with Gasteiger partial charge >= 0.3 is 0 Å². The Hall–Kier alpha value is -1.36. The van der Waals surface area contributed by atoms with E-state index in [1.807, 2.05) is 13.1 Å². The number of nitrogens with zero attached hydrogens (tertiary/aromatic N) is 3. The zero-order valence-electron chi connectivity index (χ0n) is 11.2. The molecule has 96 valence electrons. The van der Waals surface area contributed by atoms with Gasteiger partial charge in [0.05, 0.1) is 0 Å². The number of nitrogens with one attached hydrogen (secondary N) is 2. The van der Waals surface area contributed by atoms with Crippen molar-refractivity contribution in [2.45, 2.75) is 19.8 Å². The molecule has 1 rings (SSSR count). The number of hydrogen-bond acceptors (Lipinski definition) is 5. The molecule has 0 spiro atoms. The third-order valence-corrected chi connectivity index (χ3v) is 2.37. The molecule has 2 N–H and O–H groups in total. The standard InChI is InChI=1S/C12H23N5/c1-5-6-10-15-11(13-2)9-12(16-10)14-7-8-17(3)4/h9H,5-8H2,1-4H3,(H2,13,14,15,16). The van der Waals surface area contributed by atoms with E-state index in [9.17, 15) is 0 Å². The van der Waals surface area contributed by atoms with Gasteiger partial charge in [-0.3, -0.25) is 0 Å². The molecule has 5 heteroatoms. The van der Waals surface area contributed by atoms with Crippen molar-refractivity contribution in [2.24, 2.45) is 0 Å². The van der Waals surface area contributed by atoms with E-state index in [0.29, 0.717) is 0 Å². The predicted octanol–water partition coefficient (Wildman–Crippen LogP) is 1.44. The molecule has 17 heavy (non-hydrogen) atoms. The fraction of sp³-hybridized carbons (Fsp3) is 0.667. The SMILES string of the molecule is CCCc1nc(NC)cc(NCCN(C)C)n1. The minimum absolute atomic E-state index is 0.871. The molecular weight excluding hydrogens is 214 g/mol. The van der Waals surface area contributed by atoms with Gasteiger partial charge in [0, 0.05) is 32.6 Å². The van der Waals surface area contributed by atoms with E-state index >= 15 is 0 Å². The first-order chi connectivity index (χ1) is 8.15. The summed E-state index contributed by atoms with van der Waals surface area (Å²) in [5, 5.41) is 6.38. The van der Waals surface area contributed by atoms with Crippen LogP contribution in [0.3, 0.4) is 0 Å². The molecule has 0 unspecified atom stereocenters. The molecule has 0 amide bonds. The molecule has 1 heterocycles. The van der Waals surface area contributed by atoms with E-state index in [1.165, 1.54) is 0 Å². The molecule has 0 atom stereocenters. The molecule has 0 saturated carbocycles. The highest BCUT2D eigenvalue weighted by Crippen LogP contribution is 2.11. The lowest BCUT2D eigenvalue weighted by molar-refractivity contribution is 0.425. The molecule has 0 aromatic carbocycles. The van der Waals surface area contributed by atoms with E-state index in [-0.39, 0.29) is 0 Å². The number of rotatable bonds is 7. The lowest BCUT2D eigenvalue weighted by Gasteiger charge is -2.12. The number of aromatic nitrogens is 2. The van der Waals surface area contributed by atoms with Crippen molar-refractivity contribution in [1.29, 1.82) is 0 Å². The number of aryl methyl sites for hydroxylation is 1. The highest BCUT2D eigenvalue weighted by Gasteiger charge is 2.02. The van der Waals surface area contributed by atoms with Gasteiger partial charge in [0.1, 0.15) is 17.5 Å². The van der Waals surface area contributed by atoms with Gasteiger partial charge in [0.2, 0.25) is 0 Å². The van der Waals surface area contributed by atoms with Gasteiger partial charge < -0.3 is 15.5 Å². The molecule has 0 aliphatic rings. The van der Waals surface area contributed by atoms with Crippen LogP contribution in [0.4, 0.5) is 11.6 Å². The van der Waals surface area contributed by atoms with Gasteiger partial charge in [0.15, 0.2) is 0 Å². The average Bonchev–Trinajstić information content (AvgIpc) is 2.28. The first kappa shape index (κ1) is 13.7. The minimum atomic E-state index is 0.871. The number of anilines is 2. The summed E-state index contributed by atoms with van der Waals surface area (Å²) in [5.74, 6) is 2.66. The Morgan fingerprint density at radius 3 is 2.53 bits per heavy atom. The van der Waals surface area contributed by atoms with E-state index in [4.69, 9.17) is 0 Å². The van der Waals surface area contributed by atoms with Gasteiger partial charge in [-0.1, -0.05) is 6.92 Å². The molecule has 0 bridgehead atoms. The first-order valence-corrected chi connectivity index (χ1v) is 6.10. The Bertz CT molecular complexity index is 338. The monoisotopic (exact) mass is 237 g/mol. The fourth-order valence-corrected chi connectivity index (χ4v) is 1.46. The van der Waals surface area contributed by atoms with Crippen LogP contribution < -0.4 is 10.6 Å².